The average molecular weight is 771 g/mol. The Morgan fingerprint density at radius 3 is 2.49 bits per heavy atom. The zero-order valence-corrected chi connectivity index (χ0v) is 30.2. The van der Waals surface area contributed by atoms with Gasteiger partial charge < -0.3 is 34.2 Å². The molecule has 0 bridgehead atoms. The van der Waals surface area contributed by atoms with Gasteiger partial charge in [0.2, 0.25) is 0 Å². The SMILES string of the molecule is O=C1c2ccc(N3CCN(CCOc4cc5ncnc(Nc6ccc(F)c(Cl)c6)c5cc4OCCCN4C=COC=C4)CC3)cc2C(=O)N1C1C=CONO1. The van der Waals surface area contributed by atoms with Gasteiger partial charge in [-0.3, -0.25) is 14.5 Å². The normalized spacial score (nSPS) is 18.1. The van der Waals surface area contributed by atoms with Gasteiger partial charge in [-0.05, 0) is 54.5 Å². The van der Waals surface area contributed by atoms with E-state index in [0.29, 0.717) is 64.8 Å². The second kappa shape index (κ2) is 16.2. The number of fused-ring (bicyclic) bond motifs is 2. The molecule has 3 aromatic carbocycles. The van der Waals surface area contributed by atoms with E-state index in [1.807, 2.05) is 35.5 Å². The van der Waals surface area contributed by atoms with Gasteiger partial charge in [0, 0.05) is 80.6 Å². The Labute approximate surface area is 320 Å². The largest absolute Gasteiger partial charge is 0.490 e. The molecule has 55 heavy (non-hydrogen) atoms. The number of anilines is 3. The molecule has 1 saturated heterocycles. The molecule has 284 valence electrons. The molecule has 2 amide bonds. The van der Waals surface area contributed by atoms with Crippen molar-refractivity contribution in [2.24, 2.45) is 0 Å². The number of nitrogens with one attached hydrogen (secondary N) is 2. The number of ether oxygens (including phenoxy) is 3. The minimum absolute atomic E-state index is 0.00316. The molecule has 8 rings (SSSR count). The molecule has 17 heteroatoms. The minimum Gasteiger partial charge on any atom is -0.490 e. The number of imide groups is 1. The minimum atomic E-state index is -0.904. The van der Waals surface area contributed by atoms with Crippen LogP contribution in [0.3, 0.4) is 0 Å². The molecule has 0 aliphatic carbocycles. The van der Waals surface area contributed by atoms with Crippen LogP contribution in [0.1, 0.15) is 27.1 Å². The maximum atomic E-state index is 13.8. The van der Waals surface area contributed by atoms with Gasteiger partial charge in [0.15, 0.2) is 17.7 Å². The highest BCUT2D eigenvalue weighted by Crippen LogP contribution is 2.36. The quantitative estimate of drug-likeness (QED) is 0.134. The van der Waals surface area contributed by atoms with E-state index in [9.17, 15) is 14.0 Å². The van der Waals surface area contributed by atoms with Crippen LogP contribution in [0.5, 0.6) is 11.5 Å². The summed E-state index contributed by atoms with van der Waals surface area (Å²) in [7, 11) is 0. The fourth-order valence-electron chi connectivity index (χ4n) is 6.58. The van der Waals surface area contributed by atoms with E-state index < -0.39 is 23.9 Å². The molecule has 2 N–H and O–H groups in total. The van der Waals surface area contributed by atoms with Crippen LogP contribution in [-0.2, 0) is 14.4 Å². The summed E-state index contributed by atoms with van der Waals surface area (Å²) in [5, 5.41) is 3.90. The monoisotopic (exact) mass is 770 g/mol. The molecule has 15 nitrogen and oxygen atoms in total. The summed E-state index contributed by atoms with van der Waals surface area (Å²) in [6.45, 7) is 5.21. The van der Waals surface area contributed by atoms with Gasteiger partial charge in [-0.1, -0.05) is 11.6 Å². The lowest BCUT2D eigenvalue weighted by Crippen LogP contribution is -2.47. The van der Waals surface area contributed by atoms with Crippen LogP contribution in [0.15, 0.2) is 92.1 Å². The van der Waals surface area contributed by atoms with Gasteiger partial charge in [0.05, 0.1) is 28.3 Å². The van der Waals surface area contributed by atoms with E-state index in [2.05, 4.69) is 30.7 Å². The third-order valence-electron chi connectivity index (χ3n) is 9.45. The zero-order valence-electron chi connectivity index (χ0n) is 29.4. The van der Waals surface area contributed by atoms with E-state index >= 15 is 0 Å². The van der Waals surface area contributed by atoms with Crippen molar-refractivity contribution in [3.63, 3.8) is 0 Å². The number of rotatable bonds is 13. The van der Waals surface area contributed by atoms with Gasteiger partial charge in [-0.2, -0.15) is 0 Å². The molecular weight excluding hydrogens is 735 g/mol. The topological polar surface area (TPSA) is 143 Å². The van der Waals surface area contributed by atoms with Crippen molar-refractivity contribution in [2.75, 3.05) is 62.7 Å². The molecule has 0 spiro atoms. The number of carbonyl (C=O) groups excluding carboxylic acids is 2. The highest BCUT2D eigenvalue weighted by atomic mass is 35.5. The fraction of sp³-hybridized carbons (Fsp3) is 0.263. The van der Waals surface area contributed by atoms with Gasteiger partial charge in [-0.15, -0.1) is 0 Å². The zero-order chi connectivity index (χ0) is 37.7. The molecule has 4 aliphatic heterocycles. The van der Waals surface area contributed by atoms with Gasteiger partial charge >= 0.3 is 0 Å². The number of aromatic nitrogens is 2. The number of nitrogens with zero attached hydrogens (tertiary/aromatic N) is 6. The van der Waals surface area contributed by atoms with Crippen LogP contribution in [0.2, 0.25) is 5.02 Å². The van der Waals surface area contributed by atoms with Crippen LogP contribution >= 0.6 is 11.6 Å². The molecule has 1 unspecified atom stereocenters. The fourth-order valence-corrected chi connectivity index (χ4v) is 6.76. The molecule has 1 aromatic heterocycles. The van der Waals surface area contributed by atoms with Crippen LogP contribution in [-0.4, -0.2) is 95.2 Å². The highest BCUT2D eigenvalue weighted by molar-refractivity contribution is 6.31. The Hall–Kier alpha value is -5.94. The Balaban J connectivity index is 0.908. The molecule has 0 radical (unpaired) electrons. The van der Waals surface area contributed by atoms with Crippen molar-refractivity contribution in [1.29, 1.82) is 0 Å². The van der Waals surface area contributed by atoms with Gasteiger partial charge in [0.1, 0.15) is 43.4 Å². The number of halogens is 2. The number of hydrogen-bond donors (Lipinski definition) is 2. The molecule has 4 aliphatic rings. The summed E-state index contributed by atoms with van der Waals surface area (Å²) in [5.41, 5.74) is 4.99. The first-order valence-electron chi connectivity index (χ1n) is 17.6. The van der Waals surface area contributed by atoms with Crippen molar-refractivity contribution in [3.05, 3.63) is 114 Å². The van der Waals surface area contributed by atoms with E-state index in [-0.39, 0.29) is 5.02 Å². The average Bonchev–Trinajstić information content (AvgIpc) is 3.47. The summed E-state index contributed by atoms with van der Waals surface area (Å²) in [4.78, 5) is 52.7. The first kappa shape index (κ1) is 36.1. The molecule has 5 heterocycles. The van der Waals surface area contributed by atoms with Crippen molar-refractivity contribution in [2.45, 2.75) is 12.6 Å². The molecule has 1 atom stereocenters. The van der Waals surface area contributed by atoms with E-state index in [0.717, 1.165) is 49.7 Å². The van der Waals surface area contributed by atoms with E-state index in [1.54, 1.807) is 30.7 Å². The second-order valence-electron chi connectivity index (χ2n) is 12.9. The molecule has 1 fully saturated rings. The first-order valence-corrected chi connectivity index (χ1v) is 18.0. The third-order valence-corrected chi connectivity index (χ3v) is 9.74. The Kier molecular flexibility index (Phi) is 10.6. The van der Waals surface area contributed by atoms with Crippen molar-refractivity contribution >= 4 is 51.5 Å². The van der Waals surface area contributed by atoms with Crippen LogP contribution in [0, 0.1) is 5.82 Å². The number of carbonyl (C=O) groups is 2. The summed E-state index contributed by atoms with van der Waals surface area (Å²) < 4.78 is 31.6. The third kappa shape index (κ3) is 7.98. The predicted octanol–water partition coefficient (Wildman–Crippen LogP) is 5.31. The Morgan fingerprint density at radius 1 is 0.891 bits per heavy atom. The Morgan fingerprint density at radius 2 is 1.69 bits per heavy atom. The second-order valence-corrected chi connectivity index (χ2v) is 13.3. The lowest BCUT2D eigenvalue weighted by atomic mass is 10.1. The van der Waals surface area contributed by atoms with Crippen LogP contribution in [0.25, 0.3) is 10.9 Å². The lowest BCUT2D eigenvalue weighted by molar-refractivity contribution is -0.193. The van der Waals surface area contributed by atoms with Crippen molar-refractivity contribution in [3.8, 4) is 11.5 Å². The van der Waals surface area contributed by atoms with Crippen LogP contribution < -0.4 is 25.3 Å². The summed E-state index contributed by atoms with van der Waals surface area (Å²) in [6, 6.07) is 13.4. The maximum absolute atomic E-state index is 13.8. The maximum Gasteiger partial charge on any atom is 0.264 e. The van der Waals surface area contributed by atoms with Crippen molar-refractivity contribution in [1.82, 2.24) is 30.3 Å². The summed E-state index contributed by atoms with van der Waals surface area (Å²) >= 11 is 6.02. The lowest BCUT2D eigenvalue weighted by Gasteiger charge is -2.36. The molecular formula is C38H36ClFN8O7. The number of piperazine rings is 1. The van der Waals surface area contributed by atoms with E-state index in [4.69, 9.17) is 35.5 Å². The molecule has 0 saturated carbocycles. The van der Waals surface area contributed by atoms with Crippen molar-refractivity contribution < 1.29 is 37.9 Å². The number of hydrogen-bond acceptors (Lipinski definition) is 14. The standard InChI is InChI=1S/C38H36ClFN8O7/c39-30-20-25(2-5-31(30)40)43-36-29-22-33(52-15-1-7-45-12-17-51-18-13-45)34(23-32(29)41-24-42-36)53-19-14-46-8-10-47(11-9-46)26-3-4-27-28(21-26)38(50)48(37(27)49)35-6-16-54-44-55-35/h2-6,12-13,16-18,20-24,35,44H,1,7-11,14-15,19H2,(H,41,42,43). The number of amides is 2. The summed E-state index contributed by atoms with van der Waals surface area (Å²) in [6.07, 6.45) is 11.0. The smallest absolute Gasteiger partial charge is 0.264 e. The molecule has 4 aromatic rings. The van der Waals surface area contributed by atoms with Crippen LogP contribution in [0.4, 0.5) is 21.6 Å². The Bertz CT molecular complexity index is 2170. The van der Waals surface area contributed by atoms with Gasteiger partial charge in [-0.25, -0.2) is 24.1 Å². The first-order chi connectivity index (χ1) is 26.9. The van der Waals surface area contributed by atoms with Gasteiger partial charge in [0.25, 0.3) is 11.8 Å². The van der Waals surface area contributed by atoms with E-state index in [1.165, 1.54) is 30.8 Å². The highest BCUT2D eigenvalue weighted by Gasteiger charge is 2.41. The predicted molar refractivity (Wildman–Crippen MR) is 200 cm³/mol. The number of benzene rings is 3. The summed E-state index contributed by atoms with van der Waals surface area (Å²) in [5.74, 6) is 0.247.